The topological polar surface area (TPSA) is 17.1 Å². The fourth-order valence-corrected chi connectivity index (χ4v) is 1.72. The normalized spacial score (nSPS) is 13.3. The minimum absolute atomic E-state index is 0.176. The SMILES string of the molecule is C=C/C=C\C(=C)C(=O)C(=C)/C=C\C(=C)C1=CC=CCC1.CC. The lowest BCUT2D eigenvalue weighted by Gasteiger charge is -2.08. The highest BCUT2D eigenvalue weighted by molar-refractivity contribution is 6.11. The molecule has 0 spiro atoms. The number of rotatable bonds is 7. The maximum atomic E-state index is 11.9. The average Bonchev–Trinajstić information content (AvgIpc) is 2.58. The van der Waals surface area contributed by atoms with Crippen molar-refractivity contribution in [1.29, 1.82) is 0 Å². The Bertz CT molecular complexity index is 563. The predicted octanol–water partition coefficient (Wildman–Crippen LogP) is 5.83. The summed E-state index contributed by atoms with van der Waals surface area (Å²) in [5, 5.41) is 0. The Balaban J connectivity index is 0.00000211. The molecule has 1 aliphatic rings. The zero-order valence-electron chi connectivity index (χ0n) is 13.8. The molecule has 0 saturated carbocycles. The molecular weight excluding hydrogens is 268 g/mol. The molecule has 1 heteroatoms. The molecule has 0 N–H and O–H groups in total. The van der Waals surface area contributed by atoms with E-state index in [-0.39, 0.29) is 5.78 Å². The van der Waals surface area contributed by atoms with Crippen molar-refractivity contribution in [2.24, 2.45) is 0 Å². The number of hydrogen-bond acceptors (Lipinski definition) is 1. The third-order valence-electron chi connectivity index (χ3n) is 2.93. The van der Waals surface area contributed by atoms with Gasteiger partial charge in [-0.25, -0.2) is 0 Å². The fourth-order valence-electron chi connectivity index (χ4n) is 1.72. The first-order chi connectivity index (χ1) is 10.6. The van der Waals surface area contributed by atoms with E-state index in [0.717, 1.165) is 18.4 Å². The second-order valence-corrected chi connectivity index (χ2v) is 4.49. The van der Waals surface area contributed by atoms with Crippen LogP contribution in [0.3, 0.4) is 0 Å². The maximum Gasteiger partial charge on any atom is 0.191 e. The predicted molar refractivity (Wildman–Crippen MR) is 98.7 cm³/mol. The van der Waals surface area contributed by atoms with Gasteiger partial charge < -0.3 is 0 Å². The van der Waals surface area contributed by atoms with Crippen LogP contribution in [0.1, 0.15) is 26.7 Å². The smallest absolute Gasteiger partial charge is 0.191 e. The fraction of sp³-hybridized carbons (Fsp3) is 0.190. The summed E-state index contributed by atoms with van der Waals surface area (Å²) < 4.78 is 0. The van der Waals surface area contributed by atoms with Gasteiger partial charge in [0.25, 0.3) is 0 Å². The van der Waals surface area contributed by atoms with Crippen molar-refractivity contribution in [3.05, 3.63) is 97.2 Å². The third-order valence-corrected chi connectivity index (χ3v) is 2.93. The van der Waals surface area contributed by atoms with Gasteiger partial charge in [0, 0.05) is 11.1 Å². The molecule has 22 heavy (non-hydrogen) atoms. The van der Waals surface area contributed by atoms with Crippen LogP contribution < -0.4 is 0 Å². The maximum absolute atomic E-state index is 11.9. The zero-order chi connectivity index (χ0) is 17.0. The lowest BCUT2D eigenvalue weighted by Crippen LogP contribution is -2.00. The molecule has 116 valence electrons. The van der Waals surface area contributed by atoms with Crippen molar-refractivity contribution in [3.8, 4) is 0 Å². The van der Waals surface area contributed by atoms with Gasteiger partial charge in [0.2, 0.25) is 0 Å². The van der Waals surface area contributed by atoms with Gasteiger partial charge in [-0.1, -0.05) is 88.8 Å². The average molecular weight is 294 g/mol. The van der Waals surface area contributed by atoms with Crippen molar-refractivity contribution in [1.82, 2.24) is 0 Å². The molecule has 0 heterocycles. The Kier molecular flexibility index (Phi) is 10.0. The van der Waals surface area contributed by atoms with E-state index in [1.165, 1.54) is 5.57 Å². The van der Waals surface area contributed by atoms with Gasteiger partial charge >= 0.3 is 0 Å². The second-order valence-electron chi connectivity index (χ2n) is 4.49. The molecule has 0 aromatic rings. The highest BCUT2D eigenvalue weighted by Crippen LogP contribution is 2.20. The standard InChI is InChI=1S/C19H20O.C2H6/c1-5-6-10-16(3)19(20)17(4)14-13-15(2)18-11-8-7-9-12-18;1-2/h5-8,10-11,13-14H,1-4,9,12H2;1-2H3/b10-6-,14-13-;. The molecule has 0 bridgehead atoms. The largest absolute Gasteiger partial charge is 0.289 e. The molecule has 0 atom stereocenters. The molecule has 0 unspecified atom stereocenters. The molecule has 0 saturated heterocycles. The Morgan fingerprint density at radius 2 is 1.73 bits per heavy atom. The number of carbonyl (C=O) groups is 1. The first-order valence-electron chi connectivity index (χ1n) is 7.51. The molecule has 0 aromatic carbocycles. The number of carbonyl (C=O) groups excluding carboxylic acids is 1. The minimum atomic E-state index is -0.176. The van der Waals surface area contributed by atoms with Crippen molar-refractivity contribution in [2.75, 3.05) is 0 Å². The summed E-state index contributed by atoms with van der Waals surface area (Å²) in [4.78, 5) is 11.9. The van der Waals surface area contributed by atoms with Crippen LogP contribution in [0.4, 0.5) is 0 Å². The van der Waals surface area contributed by atoms with Crippen LogP contribution in [0.25, 0.3) is 0 Å². The van der Waals surface area contributed by atoms with Crippen LogP contribution >= 0.6 is 0 Å². The van der Waals surface area contributed by atoms with E-state index in [1.54, 1.807) is 24.3 Å². The Morgan fingerprint density at radius 1 is 1.09 bits per heavy atom. The van der Waals surface area contributed by atoms with Gasteiger partial charge in [0.1, 0.15) is 0 Å². The zero-order valence-corrected chi connectivity index (χ0v) is 13.8. The van der Waals surface area contributed by atoms with E-state index in [1.807, 2.05) is 32.1 Å². The number of hydrogen-bond donors (Lipinski definition) is 0. The van der Waals surface area contributed by atoms with Gasteiger partial charge in [-0.05, 0) is 24.0 Å². The van der Waals surface area contributed by atoms with Gasteiger partial charge in [0.05, 0.1) is 0 Å². The minimum Gasteiger partial charge on any atom is -0.289 e. The summed E-state index contributed by atoms with van der Waals surface area (Å²) in [6.07, 6.45) is 16.6. The highest BCUT2D eigenvalue weighted by Gasteiger charge is 2.07. The summed E-state index contributed by atoms with van der Waals surface area (Å²) in [5.41, 5.74) is 2.90. The molecular formula is C21H26O. The van der Waals surface area contributed by atoms with Gasteiger partial charge in [-0.2, -0.15) is 0 Å². The summed E-state index contributed by atoms with van der Waals surface area (Å²) in [5.74, 6) is -0.176. The Labute approximate surface area is 135 Å². The van der Waals surface area contributed by atoms with E-state index in [4.69, 9.17) is 0 Å². The molecule has 0 amide bonds. The van der Waals surface area contributed by atoms with E-state index in [2.05, 4.69) is 32.4 Å². The Morgan fingerprint density at radius 3 is 2.27 bits per heavy atom. The van der Waals surface area contributed by atoms with Crippen LogP contribution in [0.5, 0.6) is 0 Å². The first kappa shape index (κ1) is 19.6. The number of Topliss-reactive ketones (excluding diaryl/α,β-unsaturated/α-hetero) is 1. The summed E-state index contributed by atoms with van der Waals surface area (Å²) in [7, 11) is 0. The van der Waals surface area contributed by atoms with Crippen molar-refractivity contribution >= 4 is 5.78 Å². The van der Waals surface area contributed by atoms with Crippen LogP contribution in [-0.4, -0.2) is 5.78 Å². The van der Waals surface area contributed by atoms with E-state index in [9.17, 15) is 4.79 Å². The quantitative estimate of drug-likeness (QED) is 0.427. The highest BCUT2D eigenvalue weighted by atomic mass is 16.1. The molecule has 1 aliphatic carbocycles. The lowest BCUT2D eigenvalue weighted by molar-refractivity contribution is -0.111. The molecule has 0 aromatic heterocycles. The Hall–Kier alpha value is -2.41. The van der Waals surface area contributed by atoms with Gasteiger partial charge in [-0.3, -0.25) is 4.79 Å². The number of allylic oxidation sites excluding steroid dienone is 12. The van der Waals surface area contributed by atoms with Gasteiger partial charge in [0.15, 0.2) is 5.78 Å². The summed E-state index contributed by atoms with van der Waals surface area (Å²) in [6.45, 7) is 19.0. The van der Waals surface area contributed by atoms with E-state index in [0.29, 0.717) is 11.1 Å². The third kappa shape index (κ3) is 6.85. The van der Waals surface area contributed by atoms with Crippen LogP contribution in [0.15, 0.2) is 97.2 Å². The van der Waals surface area contributed by atoms with E-state index < -0.39 is 0 Å². The van der Waals surface area contributed by atoms with E-state index >= 15 is 0 Å². The molecule has 1 rings (SSSR count). The molecule has 0 fully saturated rings. The second kappa shape index (κ2) is 11.3. The van der Waals surface area contributed by atoms with Crippen LogP contribution in [-0.2, 0) is 4.79 Å². The number of ketones is 1. The lowest BCUT2D eigenvalue weighted by atomic mass is 9.97. The summed E-state index contributed by atoms with van der Waals surface area (Å²) in [6, 6.07) is 0. The van der Waals surface area contributed by atoms with Crippen molar-refractivity contribution in [2.45, 2.75) is 26.7 Å². The molecule has 1 nitrogen and oxygen atoms in total. The molecule has 0 aliphatic heterocycles. The van der Waals surface area contributed by atoms with Gasteiger partial charge in [-0.15, -0.1) is 0 Å². The van der Waals surface area contributed by atoms with Crippen molar-refractivity contribution < 1.29 is 4.79 Å². The monoisotopic (exact) mass is 294 g/mol. The van der Waals surface area contributed by atoms with Crippen LogP contribution in [0, 0.1) is 0 Å². The van der Waals surface area contributed by atoms with Crippen LogP contribution in [0.2, 0.25) is 0 Å². The first-order valence-corrected chi connectivity index (χ1v) is 7.51. The van der Waals surface area contributed by atoms with Crippen molar-refractivity contribution in [3.63, 3.8) is 0 Å². The summed E-state index contributed by atoms with van der Waals surface area (Å²) >= 11 is 0. The molecule has 0 radical (unpaired) electrons.